The van der Waals surface area contributed by atoms with Gasteiger partial charge in [-0.15, -0.1) is 0 Å². The molecule has 0 bridgehead atoms. The average molecular weight is 315 g/mol. The Balaban J connectivity index is 2.30. The highest BCUT2D eigenvalue weighted by Crippen LogP contribution is 2.27. The van der Waals surface area contributed by atoms with Gasteiger partial charge < -0.3 is 10.0 Å². The molecule has 1 heterocycles. The maximum atomic E-state index is 12.2. The van der Waals surface area contributed by atoms with Gasteiger partial charge in [-0.3, -0.25) is 0 Å². The largest absolute Gasteiger partial charge is 0.478 e. The fraction of sp³-hybridized carbons (Fsp3) is 0.462. The smallest absolute Gasteiger partial charge is 0.335 e. The standard InChI is InChI=1S/C13H17NO4S2/c1-2-20(17,18)12-9-19-8-7-14(12)11-5-3-10(4-6-11)13(15)16/h3-6,12H,2,7-9H2,1H3,(H,15,16). The van der Waals surface area contributed by atoms with Gasteiger partial charge in [0, 0.05) is 29.5 Å². The first-order chi connectivity index (χ1) is 9.45. The van der Waals surface area contributed by atoms with Crippen molar-refractivity contribution in [1.29, 1.82) is 0 Å². The molecular weight excluding hydrogens is 298 g/mol. The summed E-state index contributed by atoms with van der Waals surface area (Å²) >= 11 is 1.64. The van der Waals surface area contributed by atoms with Crippen molar-refractivity contribution in [1.82, 2.24) is 0 Å². The van der Waals surface area contributed by atoms with Crippen LogP contribution in [0.1, 0.15) is 17.3 Å². The van der Waals surface area contributed by atoms with Gasteiger partial charge in [-0.2, -0.15) is 11.8 Å². The molecule has 1 aliphatic heterocycles. The van der Waals surface area contributed by atoms with Crippen LogP contribution in [0.25, 0.3) is 0 Å². The van der Waals surface area contributed by atoms with Gasteiger partial charge in [-0.25, -0.2) is 13.2 Å². The van der Waals surface area contributed by atoms with Crippen LogP contribution in [0.5, 0.6) is 0 Å². The summed E-state index contributed by atoms with van der Waals surface area (Å²) in [5.74, 6) is 0.554. The van der Waals surface area contributed by atoms with Gasteiger partial charge in [0.2, 0.25) is 0 Å². The predicted octanol–water partition coefficient (Wildman–Crippen LogP) is 1.70. The molecule has 1 aliphatic rings. The minimum atomic E-state index is -3.16. The van der Waals surface area contributed by atoms with Crippen LogP contribution in [-0.4, -0.2) is 48.7 Å². The summed E-state index contributed by atoms with van der Waals surface area (Å²) in [6.45, 7) is 2.31. The summed E-state index contributed by atoms with van der Waals surface area (Å²) in [4.78, 5) is 12.7. The molecule has 0 aromatic heterocycles. The monoisotopic (exact) mass is 315 g/mol. The minimum Gasteiger partial charge on any atom is -0.478 e. The van der Waals surface area contributed by atoms with Gasteiger partial charge in [0.05, 0.1) is 5.56 Å². The van der Waals surface area contributed by atoms with E-state index in [1.165, 1.54) is 12.1 Å². The number of anilines is 1. The van der Waals surface area contributed by atoms with Crippen molar-refractivity contribution in [2.75, 3.05) is 28.7 Å². The Hall–Kier alpha value is -1.21. The second-order valence-corrected chi connectivity index (χ2v) is 8.12. The van der Waals surface area contributed by atoms with Gasteiger partial charge in [-0.05, 0) is 24.3 Å². The van der Waals surface area contributed by atoms with Crippen LogP contribution in [0.2, 0.25) is 0 Å². The Morgan fingerprint density at radius 3 is 2.60 bits per heavy atom. The van der Waals surface area contributed by atoms with E-state index < -0.39 is 21.2 Å². The SMILES string of the molecule is CCS(=O)(=O)C1CSCCN1c1ccc(C(=O)O)cc1. The lowest BCUT2D eigenvalue weighted by molar-refractivity contribution is 0.0697. The number of rotatable bonds is 4. The normalized spacial score (nSPS) is 19.9. The Labute approximate surface area is 122 Å². The molecule has 1 fully saturated rings. The second kappa shape index (κ2) is 6.05. The lowest BCUT2D eigenvalue weighted by Gasteiger charge is -2.36. The molecule has 1 atom stereocenters. The molecule has 7 heteroatoms. The van der Waals surface area contributed by atoms with Crippen LogP contribution in [0.4, 0.5) is 5.69 Å². The number of sulfone groups is 1. The van der Waals surface area contributed by atoms with Crippen LogP contribution in [-0.2, 0) is 9.84 Å². The number of nitrogens with zero attached hydrogens (tertiary/aromatic N) is 1. The van der Waals surface area contributed by atoms with Gasteiger partial charge in [0.15, 0.2) is 9.84 Å². The summed E-state index contributed by atoms with van der Waals surface area (Å²) in [5, 5.41) is 8.37. The summed E-state index contributed by atoms with van der Waals surface area (Å²) in [7, 11) is -3.16. The van der Waals surface area contributed by atoms with Crippen LogP contribution in [0, 0.1) is 0 Å². The number of aromatic carboxylic acids is 1. The van der Waals surface area contributed by atoms with Crippen LogP contribution in [0.15, 0.2) is 24.3 Å². The first-order valence-corrected chi connectivity index (χ1v) is 9.22. The predicted molar refractivity (Wildman–Crippen MR) is 81.3 cm³/mol. The van der Waals surface area contributed by atoms with E-state index in [1.807, 2.05) is 4.90 Å². The van der Waals surface area contributed by atoms with Crippen molar-refractivity contribution in [2.45, 2.75) is 12.3 Å². The van der Waals surface area contributed by atoms with Crippen molar-refractivity contribution < 1.29 is 18.3 Å². The minimum absolute atomic E-state index is 0.113. The third kappa shape index (κ3) is 3.09. The fourth-order valence-corrected chi connectivity index (χ4v) is 5.15. The highest BCUT2D eigenvalue weighted by Gasteiger charge is 2.32. The first kappa shape index (κ1) is 15.2. The third-order valence-electron chi connectivity index (χ3n) is 3.35. The molecule has 1 saturated heterocycles. The molecule has 1 N–H and O–H groups in total. The zero-order valence-electron chi connectivity index (χ0n) is 11.2. The molecule has 1 aromatic carbocycles. The summed E-state index contributed by atoms with van der Waals surface area (Å²) in [5.41, 5.74) is 0.965. The topological polar surface area (TPSA) is 74.7 Å². The molecule has 5 nitrogen and oxygen atoms in total. The quantitative estimate of drug-likeness (QED) is 0.911. The van der Waals surface area contributed by atoms with E-state index in [4.69, 9.17) is 5.11 Å². The molecule has 0 saturated carbocycles. The zero-order chi connectivity index (χ0) is 14.8. The number of hydrogen-bond acceptors (Lipinski definition) is 5. The van der Waals surface area contributed by atoms with Gasteiger partial charge in [0.25, 0.3) is 0 Å². The van der Waals surface area contributed by atoms with Crippen molar-refractivity contribution in [3.63, 3.8) is 0 Å². The number of benzene rings is 1. The van der Waals surface area contributed by atoms with E-state index >= 15 is 0 Å². The van der Waals surface area contributed by atoms with E-state index in [9.17, 15) is 13.2 Å². The van der Waals surface area contributed by atoms with Crippen LogP contribution in [0.3, 0.4) is 0 Å². The molecule has 0 spiro atoms. The average Bonchev–Trinajstić information content (AvgIpc) is 2.47. The van der Waals surface area contributed by atoms with Crippen molar-refractivity contribution in [2.24, 2.45) is 0 Å². The summed E-state index contributed by atoms with van der Waals surface area (Å²) in [6, 6.07) is 6.37. The van der Waals surface area contributed by atoms with Crippen LogP contribution >= 0.6 is 11.8 Å². The van der Waals surface area contributed by atoms with E-state index in [0.29, 0.717) is 12.3 Å². The van der Waals surface area contributed by atoms with Gasteiger partial charge >= 0.3 is 5.97 Å². The Bertz CT molecular complexity index is 583. The molecule has 0 aliphatic carbocycles. The molecule has 110 valence electrons. The maximum Gasteiger partial charge on any atom is 0.335 e. The number of carbonyl (C=O) groups is 1. The van der Waals surface area contributed by atoms with Gasteiger partial charge in [-0.1, -0.05) is 6.92 Å². The van der Waals surface area contributed by atoms with Crippen LogP contribution < -0.4 is 4.90 Å². The third-order valence-corrected chi connectivity index (χ3v) is 6.64. The number of carboxylic acid groups (broad SMARTS) is 1. The zero-order valence-corrected chi connectivity index (χ0v) is 12.8. The Kier molecular flexibility index (Phi) is 4.59. The maximum absolute atomic E-state index is 12.2. The lowest BCUT2D eigenvalue weighted by Crippen LogP contribution is -2.48. The fourth-order valence-electron chi connectivity index (χ4n) is 2.16. The van der Waals surface area contributed by atoms with E-state index in [-0.39, 0.29) is 11.3 Å². The first-order valence-electron chi connectivity index (χ1n) is 6.35. The molecule has 2 rings (SSSR count). The molecular formula is C13H17NO4S2. The Morgan fingerprint density at radius 1 is 1.40 bits per heavy atom. The highest BCUT2D eigenvalue weighted by atomic mass is 32.2. The van der Waals surface area contributed by atoms with Crippen molar-refractivity contribution in [3.8, 4) is 0 Å². The van der Waals surface area contributed by atoms with Gasteiger partial charge in [0.1, 0.15) is 5.37 Å². The number of hydrogen-bond donors (Lipinski definition) is 1. The molecule has 20 heavy (non-hydrogen) atoms. The molecule has 1 unspecified atom stereocenters. The Morgan fingerprint density at radius 2 is 2.05 bits per heavy atom. The lowest BCUT2D eigenvalue weighted by atomic mass is 10.2. The van der Waals surface area contributed by atoms with Crippen molar-refractivity contribution >= 4 is 33.3 Å². The highest BCUT2D eigenvalue weighted by molar-refractivity contribution is 8.01. The van der Waals surface area contributed by atoms with E-state index in [0.717, 1.165) is 11.4 Å². The van der Waals surface area contributed by atoms with Crippen molar-refractivity contribution in [3.05, 3.63) is 29.8 Å². The van der Waals surface area contributed by atoms with E-state index in [2.05, 4.69) is 0 Å². The number of carboxylic acids is 1. The molecule has 0 radical (unpaired) electrons. The summed E-state index contributed by atoms with van der Waals surface area (Å²) < 4.78 is 24.3. The molecule has 1 aromatic rings. The second-order valence-electron chi connectivity index (χ2n) is 4.53. The summed E-state index contributed by atoms with van der Waals surface area (Å²) in [6.07, 6.45) is 0. The van der Waals surface area contributed by atoms with E-state index in [1.54, 1.807) is 30.8 Å². The molecule has 0 amide bonds. The number of thioether (sulfide) groups is 1.